The third-order valence-corrected chi connectivity index (χ3v) is 0.647. The molecule has 0 radical (unpaired) electrons. The number of nitriles is 2. The SMILES string of the molecule is CCC(=O)ONC(C)=O.N#CC#N. The Morgan fingerprint density at radius 2 is 1.85 bits per heavy atom. The summed E-state index contributed by atoms with van der Waals surface area (Å²) < 4.78 is 0. The van der Waals surface area contributed by atoms with E-state index in [2.05, 4.69) is 4.84 Å². The molecule has 0 atom stereocenters. The lowest BCUT2D eigenvalue weighted by Crippen LogP contribution is -2.23. The van der Waals surface area contributed by atoms with E-state index in [1.165, 1.54) is 19.1 Å². The molecule has 0 rings (SSSR count). The van der Waals surface area contributed by atoms with Gasteiger partial charge in [0.15, 0.2) is 12.1 Å². The van der Waals surface area contributed by atoms with E-state index < -0.39 is 5.97 Å². The first-order valence-corrected chi connectivity index (χ1v) is 3.32. The van der Waals surface area contributed by atoms with Crippen LogP contribution in [0.25, 0.3) is 0 Å². The Balaban J connectivity index is 0. The molecule has 0 aliphatic heterocycles. The monoisotopic (exact) mass is 183 g/mol. The molecule has 1 N–H and O–H groups in total. The number of carbonyl (C=O) groups is 2. The number of nitrogens with zero attached hydrogens (tertiary/aromatic N) is 2. The molecule has 0 aliphatic rings. The molecule has 70 valence electrons. The second-order valence-electron chi connectivity index (χ2n) is 1.71. The molecule has 0 spiro atoms. The van der Waals surface area contributed by atoms with Gasteiger partial charge in [-0.2, -0.15) is 16.0 Å². The van der Waals surface area contributed by atoms with E-state index in [0.717, 1.165) is 0 Å². The Hall–Kier alpha value is -2.08. The number of carbonyl (C=O) groups excluding carboxylic acids is 2. The number of amides is 1. The molecule has 0 fully saturated rings. The second-order valence-corrected chi connectivity index (χ2v) is 1.71. The van der Waals surface area contributed by atoms with Crippen molar-refractivity contribution in [2.24, 2.45) is 0 Å². The Morgan fingerprint density at radius 1 is 1.38 bits per heavy atom. The average Bonchev–Trinajstić information content (AvgIpc) is 2.14. The van der Waals surface area contributed by atoms with Crippen LogP contribution in [-0.2, 0) is 14.4 Å². The maximum atomic E-state index is 10.3. The Bertz CT molecular complexity index is 237. The van der Waals surface area contributed by atoms with Crippen LogP contribution in [0.5, 0.6) is 0 Å². The van der Waals surface area contributed by atoms with Crippen LogP contribution in [-0.4, -0.2) is 11.9 Å². The molecule has 6 heteroatoms. The van der Waals surface area contributed by atoms with Crippen molar-refractivity contribution in [3.63, 3.8) is 0 Å². The number of nitrogens with one attached hydrogen (secondary N) is 1. The standard InChI is InChI=1S/C5H9NO3.C2N2/c1-3-5(8)9-6-4(2)7;3-1-2-4/h3H2,1-2H3,(H,6,7);. The minimum absolute atomic E-state index is 0.264. The molecular formula is C7H9N3O3. The van der Waals surface area contributed by atoms with E-state index in [-0.39, 0.29) is 12.3 Å². The highest BCUT2D eigenvalue weighted by Gasteiger charge is 1.97. The van der Waals surface area contributed by atoms with Crippen molar-refractivity contribution >= 4 is 11.9 Å². The molecule has 0 saturated heterocycles. The Labute approximate surface area is 75.7 Å². The molecule has 0 aromatic heterocycles. The molecular weight excluding hydrogens is 174 g/mol. The smallest absolute Gasteiger partial charge is 0.331 e. The van der Waals surface area contributed by atoms with Gasteiger partial charge in [0, 0.05) is 13.3 Å². The predicted molar refractivity (Wildman–Crippen MR) is 41.4 cm³/mol. The molecule has 0 heterocycles. The highest BCUT2D eigenvalue weighted by atomic mass is 16.7. The summed E-state index contributed by atoms with van der Waals surface area (Å²) in [5.74, 6) is -0.818. The second kappa shape index (κ2) is 9.92. The maximum Gasteiger partial charge on any atom is 0.331 e. The highest BCUT2D eigenvalue weighted by molar-refractivity contribution is 5.75. The van der Waals surface area contributed by atoms with Crippen LogP contribution in [0.15, 0.2) is 0 Å². The van der Waals surface area contributed by atoms with Gasteiger partial charge < -0.3 is 4.84 Å². The van der Waals surface area contributed by atoms with Crippen molar-refractivity contribution in [3.8, 4) is 12.1 Å². The summed E-state index contributed by atoms with van der Waals surface area (Å²) in [4.78, 5) is 24.6. The number of hydrogen-bond donors (Lipinski definition) is 1. The predicted octanol–water partition coefficient (Wildman–Crippen LogP) is 0.0243. The lowest BCUT2D eigenvalue weighted by Gasteiger charge is -1.98. The summed E-state index contributed by atoms with van der Waals surface area (Å²) in [6.07, 6.45) is 0.264. The van der Waals surface area contributed by atoms with E-state index in [1.807, 2.05) is 5.48 Å². The zero-order valence-corrected chi connectivity index (χ0v) is 7.33. The van der Waals surface area contributed by atoms with Crippen LogP contribution >= 0.6 is 0 Å². The van der Waals surface area contributed by atoms with Crippen molar-refractivity contribution in [1.82, 2.24) is 5.48 Å². The fraction of sp³-hybridized carbons (Fsp3) is 0.429. The van der Waals surface area contributed by atoms with E-state index in [1.54, 1.807) is 6.92 Å². The zero-order chi connectivity index (χ0) is 10.7. The first-order chi connectivity index (χ1) is 6.08. The fourth-order valence-corrected chi connectivity index (χ4v) is 0.201. The molecule has 6 nitrogen and oxygen atoms in total. The van der Waals surface area contributed by atoms with Crippen LogP contribution < -0.4 is 5.48 Å². The first-order valence-electron chi connectivity index (χ1n) is 3.32. The van der Waals surface area contributed by atoms with Crippen LogP contribution in [0.1, 0.15) is 20.3 Å². The Kier molecular flexibility index (Phi) is 10.3. The molecule has 0 aliphatic carbocycles. The van der Waals surface area contributed by atoms with Crippen LogP contribution in [0, 0.1) is 22.7 Å². The molecule has 1 amide bonds. The van der Waals surface area contributed by atoms with Gasteiger partial charge in [-0.1, -0.05) is 6.92 Å². The zero-order valence-electron chi connectivity index (χ0n) is 7.33. The number of rotatable bonds is 1. The van der Waals surface area contributed by atoms with Crippen LogP contribution in [0.2, 0.25) is 0 Å². The third-order valence-electron chi connectivity index (χ3n) is 0.647. The van der Waals surface area contributed by atoms with E-state index in [9.17, 15) is 9.59 Å². The van der Waals surface area contributed by atoms with Crippen molar-refractivity contribution in [1.29, 1.82) is 10.5 Å². The van der Waals surface area contributed by atoms with Gasteiger partial charge >= 0.3 is 5.97 Å². The average molecular weight is 183 g/mol. The van der Waals surface area contributed by atoms with E-state index in [0.29, 0.717) is 0 Å². The summed E-state index contributed by atoms with van der Waals surface area (Å²) in [6.45, 7) is 2.91. The summed E-state index contributed by atoms with van der Waals surface area (Å²) in [7, 11) is 0. The minimum Gasteiger partial charge on any atom is -0.341 e. The van der Waals surface area contributed by atoms with Gasteiger partial charge in [0.25, 0.3) is 0 Å². The molecule has 13 heavy (non-hydrogen) atoms. The topological polar surface area (TPSA) is 103 Å². The van der Waals surface area contributed by atoms with Gasteiger partial charge in [-0.05, 0) is 0 Å². The normalized spacial score (nSPS) is 6.46. The fourth-order valence-electron chi connectivity index (χ4n) is 0.201. The van der Waals surface area contributed by atoms with Crippen LogP contribution in [0.3, 0.4) is 0 Å². The van der Waals surface area contributed by atoms with Crippen molar-refractivity contribution in [2.45, 2.75) is 20.3 Å². The van der Waals surface area contributed by atoms with Gasteiger partial charge in [0.1, 0.15) is 0 Å². The molecule has 0 bridgehead atoms. The summed E-state index contributed by atoms with van der Waals surface area (Å²) >= 11 is 0. The molecule has 0 aromatic carbocycles. The molecule has 0 unspecified atom stereocenters. The minimum atomic E-state index is -0.440. The van der Waals surface area contributed by atoms with Gasteiger partial charge in [-0.3, -0.25) is 4.79 Å². The lowest BCUT2D eigenvalue weighted by atomic mass is 10.5. The Morgan fingerprint density at radius 3 is 2.08 bits per heavy atom. The summed E-state index contributed by atoms with van der Waals surface area (Å²) in [5, 5.41) is 14.5. The van der Waals surface area contributed by atoms with Gasteiger partial charge in [-0.25, -0.2) is 4.79 Å². The largest absolute Gasteiger partial charge is 0.341 e. The van der Waals surface area contributed by atoms with Gasteiger partial charge in [0.05, 0.1) is 0 Å². The maximum absolute atomic E-state index is 10.3. The van der Waals surface area contributed by atoms with Gasteiger partial charge in [-0.15, -0.1) is 0 Å². The first kappa shape index (κ1) is 13.5. The molecule has 0 aromatic rings. The molecule has 0 saturated carbocycles. The van der Waals surface area contributed by atoms with Gasteiger partial charge in [0.2, 0.25) is 5.91 Å². The van der Waals surface area contributed by atoms with E-state index >= 15 is 0 Å². The third kappa shape index (κ3) is 17.8. The highest BCUT2D eigenvalue weighted by Crippen LogP contribution is 1.78. The quantitative estimate of drug-likeness (QED) is 0.577. The van der Waals surface area contributed by atoms with Crippen LogP contribution in [0.4, 0.5) is 0 Å². The van der Waals surface area contributed by atoms with Crippen molar-refractivity contribution < 1.29 is 14.4 Å². The summed E-state index contributed by atoms with van der Waals surface area (Å²) in [6, 6.07) is 2.47. The number of hydroxylamine groups is 1. The van der Waals surface area contributed by atoms with Crippen molar-refractivity contribution in [3.05, 3.63) is 0 Å². The van der Waals surface area contributed by atoms with E-state index in [4.69, 9.17) is 10.5 Å². The number of hydrogen-bond acceptors (Lipinski definition) is 5. The summed E-state index contributed by atoms with van der Waals surface area (Å²) in [5.41, 5.74) is 1.91. The van der Waals surface area contributed by atoms with Crippen molar-refractivity contribution in [2.75, 3.05) is 0 Å². The lowest BCUT2D eigenvalue weighted by molar-refractivity contribution is -0.157.